The first kappa shape index (κ1) is 14.4. The first-order valence-corrected chi connectivity index (χ1v) is 7.18. The highest BCUT2D eigenvalue weighted by molar-refractivity contribution is 7.11. The minimum absolute atomic E-state index is 0.0189. The Bertz CT molecular complexity index is 529. The highest BCUT2D eigenvalue weighted by Crippen LogP contribution is 2.14. The number of nitrogens with one attached hydrogen (secondary N) is 1. The summed E-state index contributed by atoms with van der Waals surface area (Å²) in [6.07, 6.45) is 0.701. The maximum absolute atomic E-state index is 12.2. The van der Waals surface area contributed by atoms with Crippen molar-refractivity contribution in [2.45, 2.75) is 13.3 Å². The second-order valence-electron chi connectivity index (χ2n) is 4.19. The van der Waals surface area contributed by atoms with Crippen molar-refractivity contribution in [2.24, 2.45) is 0 Å². The molecule has 0 aromatic carbocycles. The molecule has 1 aromatic rings. The van der Waals surface area contributed by atoms with E-state index in [1.807, 2.05) is 0 Å². The van der Waals surface area contributed by atoms with E-state index in [1.54, 1.807) is 6.92 Å². The number of hydrogen-bond donors (Lipinski definition) is 1. The molecule has 2 rings (SSSR count). The lowest BCUT2D eigenvalue weighted by atomic mass is 10.3. The van der Waals surface area contributed by atoms with Gasteiger partial charge in [-0.2, -0.15) is 0 Å². The summed E-state index contributed by atoms with van der Waals surface area (Å²) >= 11 is 1.06. The van der Waals surface area contributed by atoms with Crippen molar-refractivity contribution in [1.29, 1.82) is 0 Å². The summed E-state index contributed by atoms with van der Waals surface area (Å²) < 4.78 is 4.82. The van der Waals surface area contributed by atoms with Crippen LogP contribution >= 0.6 is 11.3 Å². The SMILES string of the molecule is CCOC(=O)c1nc(C(=O)N2CCCNC(=O)C2)cs1. The molecule has 1 N–H and O–H groups in total. The van der Waals surface area contributed by atoms with Gasteiger partial charge >= 0.3 is 5.97 Å². The zero-order chi connectivity index (χ0) is 14.5. The van der Waals surface area contributed by atoms with Gasteiger partial charge in [0.2, 0.25) is 10.9 Å². The lowest BCUT2D eigenvalue weighted by molar-refractivity contribution is -0.121. The van der Waals surface area contributed by atoms with Gasteiger partial charge in [-0.1, -0.05) is 0 Å². The Kier molecular flexibility index (Phi) is 4.67. The van der Waals surface area contributed by atoms with Crippen LogP contribution in [0.4, 0.5) is 0 Å². The van der Waals surface area contributed by atoms with Gasteiger partial charge < -0.3 is 15.0 Å². The van der Waals surface area contributed by atoms with Gasteiger partial charge in [0.15, 0.2) is 0 Å². The molecule has 0 unspecified atom stereocenters. The van der Waals surface area contributed by atoms with Gasteiger partial charge in [-0.05, 0) is 13.3 Å². The van der Waals surface area contributed by atoms with Crippen LogP contribution in [0.15, 0.2) is 5.38 Å². The molecule has 0 atom stereocenters. The topological polar surface area (TPSA) is 88.6 Å². The van der Waals surface area contributed by atoms with E-state index >= 15 is 0 Å². The molecule has 2 amide bonds. The van der Waals surface area contributed by atoms with Crippen molar-refractivity contribution in [3.8, 4) is 0 Å². The Hall–Kier alpha value is -1.96. The summed E-state index contributed by atoms with van der Waals surface area (Å²) in [5.74, 6) is -1.06. The smallest absolute Gasteiger partial charge is 0.367 e. The molecule has 1 aliphatic rings. The number of hydrogen-bond acceptors (Lipinski definition) is 6. The Morgan fingerprint density at radius 3 is 3.10 bits per heavy atom. The maximum atomic E-state index is 12.2. The molecule has 0 bridgehead atoms. The summed E-state index contributed by atoms with van der Waals surface area (Å²) in [6.45, 7) is 3.03. The largest absolute Gasteiger partial charge is 0.461 e. The molecule has 1 aromatic heterocycles. The van der Waals surface area contributed by atoms with E-state index in [0.717, 1.165) is 11.3 Å². The number of amides is 2. The van der Waals surface area contributed by atoms with Crippen LogP contribution in [0.3, 0.4) is 0 Å². The number of carbonyl (C=O) groups excluding carboxylic acids is 3. The van der Waals surface area contributed by atoms with E-state index in [1.165, 1.54) is 10.3 Å². The standard InChI is InChI=1S/C12H15N3O4S/c1-2-19-12(18)10-14-8(7-20-10)11(17)15-5-3-4-13-9(16)6-15/h7H,2-6H2,1H3,(H,13,16). The minimum atomic E-state index is -0.537. The molecule has 1 saturated heterocycles. The Labute approximate surface area is 119 Å². The van der Waals surface area contributed by atoms with Crippen LogP contribution in [0, 0.1) is 0 Å². The van der Waals surface area contributed by atoms with E-state index in [2.05, 4.69) is 10.3 Å². The van der Waals surface area contributed by atoms with E-state index in [9.17, 15) is 14.4 Å². The van der Waals surface area contributed by atoms with Crippen LogP contribution < -0.4 is 5.32 Å². The molecule has 20 heavy (non-hydrogen) atoms. The van der Waals surface area contributed by atoms with E-state index in [4.69, 9.17) is 4.74 Å². The summed E-state index contributed by atoms with van der Waals surface area (Å²) in [6, 6.07) is 0. The van der Waals surface area contributed by atoms with E-state index < -0.39 is 5.97 Å². The van der Waals surface area contributed by atoms with Crippen LogP contribution in [0.2, 0.25) is 0 Å². The number of thiazole rings is 1. The fraction of sp³-hybridized carbons (Fsp3) is 0.500. The minimum Gasteiger partial charge on any atom is -0.461 e. The van der Waals surface area contributed by atoms with Crippen LogP contribution in [-0.4, -0.2) is 53.9 Å². The third-order valence-electron chi connectivity index (χ3n) is 2.72. The number of esters is 1. The molecule has 108 valence electrons. The van der Waals surface area contributed by atoms with Crippen LogP contribution in [0.25, 0.3) is 0 Å². The first-order valence-electron chi connectivity index (χ1n) is 6.30. The van der Waals surface area contributed by atoms with Crippen LogP contribution in [0.1, 0.15) is 33.6 Å². The number of aromatic nitrogens is 1. The second-order valence-corrected chi connectivity index (χ2v) is 5.05. The van der Waals surface area contributed by atoms with Gasteiger partial charge in [-0.15, -0.1) is 11.3 Å². The van der Waals surface area contributed by atoms with Gasteiger partial charge in [-0.3, -0.25) is 9.59 Å². The van der Waals surface area contributed by atoms with E-state index in [0.29, 0.717) is 19.5 Å². The number of rotatable bonds is 3. The third kappa shape index (κ3) is 3.32. The van der Waals surface area contributed by atoms with Crippen molar-refractivity contribution in [2.75, 3.05) is 26.2 Å². The van der Waals surface area contributed by atoms with Gasteiger partial charge in [-0.25, -0.2) is 9.78 Å². The summed E-state index contributed by atoms with van der Waals surface area (Å²) in [5, 5.41) is 4.36. The highest BCUT2D eigenvalue weighted by Gasteiger charge is 2.24. The van der Waals surface area contributed by atoms with Crippen molar-refractivity contribution < 1.29 is 19.1 Å². The van der Waals surface area contributed by atoms with Gasteiger partial charge in [0, 0.05) is 18.5 Å². The maximum Gasteiger partial charge on any atom is 0.367 e. The summed E-state index contributed by atoms with van der Waals surface area (Å²) in [5.41, 5.74) is 0.174. The molecular formula is C12H15N3O4S. The lowest BCUT2D eigenvalue weighted by Crippen LogP contribution is -2.37. The van der Waals surface area contributed by atoms with E-state index in [-0.39, 0.29) is 35.7 Å². The zero-order valence-corrected chi connectivity index (χ0v) is 11.9. The predicted octanol–water partition coefficient (Wildman–Crippen LogP) is 0.282. The first-order chi connectivity index (χ1) is 9.61. The molecule has 0 spiro atoms. The quantitative estimate of drug-likeness (QED) is 0.810. The molecule has 8 heteroatoms. The number of nitrogens with zero attached hydrogens (tertiary/aromatic N) is 2. The van der Waals surface area contributed by atoms with Crippen molar-refractivity contribution in [3.05, 3.63) is 16.1 Å². The van der Waals surface area contributed by atoms with Crippen LogP contribution in [-0.2, 0) is 9.53 Å². The fourth-order valence-corrected chi connectivity index (χ4v) is 2.48. The molecular weight excluding hydrogens is 282 g/mol. The summed E-state index contributed by atoms with van der Waals surface area (Å²) in [4.78, 5) is 40.6. The predicted molar refractivity (Wildman–Crippen MR) is 71.6 cm³/mol. The molecule has 0 radical (unpaired) electrons. The second kappa shape index (κ2) is 6.47. The highest BCUT2D eigenvalue weighted by atomic mass is 32.1. The van der Waals surface area contributed by atoms with Gasteiger partial charge in [0.25, 0.3) is 5.91 Å². The third-order valence-corrected chi connectivity index (χ3v) is 3.54. The molecule has 0 aliphatic carbocycles. The molecule has 7 nitrogen and oxygen atoms in total. The zero-order valence-electron chi connectivity index (χ0n) is 11.0. The average molecular weight is 297 g/mol. The van der Waals surface area contributed by atoms with Gasteiger partial charge in [0.05, 0.1) is 13.2 Å². The Morgan fingerprint density at radius 1 is 1.55 bits per heavy atom. The average Bonchev–Trinajstić information content (AvgIpc) is 2.82. The Balaban J connectivity index is 2.08. The number of ether oxygens (including phenoxy) is 1. The summed E-state index contributed by atoms with van der Waals surface area (Å²) in [7, 11) is 0. The number of carbonyl (C=O) groups is 3. The Morgan fingerprint density at radius 2 is 2.35 bits per heavy atom. The normalized spacial score (nSPS) is 15.4. The van der Waals surface area contributed by atoms with Crippen LogP contribution in [0.5, 0.6) is 0 Å². The fourth-order valence-electron chi connectivity index (χ4n) is 1.80. The lowest BCUT2D eigenvalue weighted by Gasteiger charge is -2.17. The molecule has 1 fully saturated rings. The van der Waals surface area contributed by atoms with Crippen molar-refractivity contribution in [3.63, 3.8) is 0 Å². The molecule has 1 aliphatic heterocycles. The monoisotopic (exact) mass is 297 g/mol. The molecule has 0 saturated carbocycles. The van der Waals surface area contributed by atoms with Crippen molar-refractivity contribution in [1.82, 2.24) is 15.2 Å². The van der Waals surface area contributed by atoms with Gasteiger partial charge in [0.1, 0.15) is 5.69 Å². The molecule has 2 heterocycles. The van der Waals surface area contributed by atoms with Crippen molar-refractivity contribution >= 4 is 29.1 Å².